The van der Waals surface area contributed by atoms with Crippen LogP contribution in [0.25, 0.3) is 0 Å². The van der Waals surface area contributed by atoms with E-state index in [1.165, 1.54) is 4.90 Å². The number of rotatable bonds is 10. The van der Waals surface area contributed by atoms with Crippen molar-refractivity contribution in [1.29, 1.82) is 0 Å². The first-order valence-corrected chi connectivity index (χ1v) is 13.1. The van der Waals surface area contributed by atoms with Gasteiger partial charge in [0.15, 0.2) is 0 Å². The fraction of sp³-hybridized carbons (Fsp3) is 0.444. The van der Waals surface area contributed by atoms with Crippen LogP contribution in [0, 0.1) is 6.92 Å². The molecule has 8 nitrogen and oxygen atoms in total. The summed E-state index contributed by atoms with van der Waals surface area (Å²) >= 11 is 1.56. The molecule has 2 unspecified atom stereocenters. The molecule has 0 aliphatic heterocycles. The fourth-order valence-corrected chi connectivity index (χ4v) is 4.06. The molecule has 0 aromatic heterocycles. The molecule has 0 bridgehead atoms. The van der Waals surface area contributed by atoms with E-state index in [2.05, 4.69) is 10.6 Å². The summed E-state index contributed by atoms with van der Waals surface area (Å²) in [5, 5.41) is 5.59. The second-order valence-electron chi connectivity index (χ2n) is 9.46. The zero-order valence-corrected chi connectivity index (χ0v) is 22.9. The maximum Gasteiger partial charge on any atom is 0.408 e. The number of hydrogen-bond acceptors (Lipinski definition) is 6. The molecule has 0 aliphatic carbocycles. The number of carbonyl (C=O) groups excluding carboxylic acids is 3. The van der Waals surface area contributed by atoms with E-state index in [0.717, 1.165) is 5.56 Å². The van der Waals surface area contributed by atoms with Crippen LogP contribution in [0.4, 0.5) is 10.5 Å². The molecule has 36 heavy (non-hydrogen) atoms. The van der Waals surface area contributed by atoms with Crippen LogP contribution in [0.5, 0.6) is 5.75 Å². The lowest BCUT2D eigenvalue weighted by atomic mass is 10.0. The molecule has 2 aromatic rings. The molecule has 9 heteroatoms. The Morgan fingerprint density at radius 2 is 1.75 bits per heavy atom. The molecule has 2 rings (SSSR count). The fourth-order valence-electron chi connectivity index (χ4n) is 3.59. The number of aryl methyl sites for hydroxylation is 1. The van der Waals surface area contributed by atoms with Gasteiger partial charge in [0.25, 0.3) is 5.91 Å². The Bertz CT molecular complexity index is 1040. The summed E-state index contributed by atoms with van der Waals surface area (Å²) in [6.45, 7) is 7.20. The minimum atomic E-state index is -0.920. The second kappa shape index (κ2) is 13.2. The Labute approximate surface area is 218 Å². The highest BCUT2D eigenvalue weighted by Gasteiger charge is 2.34. The van der Waals surface area contributed by atoms with Crippen molar-refractivity contribution in [3.05, 3.63) is 59.7 Å². The number of nitrogens with zero attached hydrogens (tertiary/aromatic N) is 1. The highest BCUT2D eigenvalue weighted by molar-refractivity contribution is 7.98. The molecule has 0 saturated heterocycles. The van der Waals surface area contributed by atoms with Gasteiger partial charge >= 0.3 is 6.09 Å². The summed E-state index contributed by atoms with van der Waals surface area (Å²) in [6.07, 6.45) is 1.64. The molecular weight excluding hydrogens is 478 g/mol. The lowest BCUT2D eigenvalue weighted by molar-refractivity contribution is -0.139. The van der Waals surface area contributed by atoms with Crippen LogP contribution in [0.15, 0.2) is 48.5 Å². The molecule has 3 amide bonds. The molecule has 2 aromatic carbocycles. The maximum atomic E-state index is 13.6. The molecular formula is C27H37N3O5S. The summed E-state index contributed by atoms with van der Waals surface area (Å²) in [6, 6.07) is 12.7. The molecule has 0 heterocycles. The average molecular weight is 516 g/mol. The smallest absolute Gasteiger partial charge is 0.408 e. The van der Waals surface area contributed by atoms with Crippen LogP contribution in [-0.2, 0) is 14.3 Å². The number of benzene rings is 2. The Morgan fingerprint density at radius 1 is 1.08 bits per heavy atom. The SMILES string of the molecule is COc1ccc(NC(=O)C(c2cccc(C)c2)N(C)C(=O)C(CCSC)NC(=O)OC(C)(C)C)cc1. The van der Waals surface area contributed by atoms with E-state index in [1.54, 1.807) is 71.0 Å². The number of anilines is 1. The van der Waals surface area contributed by atoms with Crippen LogP contribution >= 0.6 is 11.8 Å². The zero-order chi connectivity index (χ0) is 26.9. The lowest BCUT2D eigenvalue weighted by Gasteiger charge is -2.31. The lowest BCUT2D eigenvalue weighted by Crippen LogP contribution is -2.51. The van der Waals surface area contributed by atoms with Crippen LogP contribution in [-0.4, -0.2) is 60.6 Å². The van der Waals surface area contributed by atoms with Gasteiger partial charge in [-0.2, -0.15) is 11.8 Å². The third kappa shape index (κ3) is 8.78. The number of nitrogens with one attached hydrogen (secondary N) is 2. The van der Waals surface area contributed by atoms with Gasteiger partial charge < -0.3 is 25.0 Å². The molecule has 0 radical (unpaired) electrons. The number of methoxy groups -OCH3 is 1. The van der Waals surface area contributed by atoms with Crippen molar-refractivity contribution >= 4 is 35.4 Å². The Hall–Kier alpha value is -3.20. The number of thioether (sulfide) groups is 1. The molecule has 0 aliphatic rings. The third-order valence-corrected chi connectivity index (χ3v) is 5.94. The zero-order valence-electron chi connectivity index (χ0n) is 22.1. The second-order valence-corrected chi connectivity index (χ2v) is 10.4. The summed E-state index contributed by atoms with van der Waals surface area (Å²) in [4.78, 5) is 41.0. The highest BCUT2D eigenvalue weighted by atomic mass is 32.2. The molecule has 2 N–H and O–H groups in total. The van der Waals surface area contributed by atoms with E-state index in [-0.39, 0.29) is 11.8 Å². The van der Waals surface area contributed by atoms with Gasteiger partial charge in [0.2, 0.25) is 5.91 Å². The van der Waals surface area contributed by atoms with E-state index in [0.29, 0.717) is 29.2 Å². The van der Waals surface area contributed by atoms with E-state index in [1.807, 2.05) is 37.4 Å². The van der Waals surface area contributed by atoms with Gasteiger partial charge in [-0.3, -0.25) is 9.59 Å². The van der Waals surface area contributed by atoms with Crippen molar-refractivity contribution < 1.29 is 23.9 Å². The Kier molecular flexibility index (Phi) is 10.6. The molecule has 0 saturated carbocycles. The number of ether oxygens (including phenoxy) is 2. The van der Waals surface area contributed by atoms with Crippen molar-refractivity contribution in [2.75, 3.05) is 31.5 Å². The Morgan fingerprint density at radius 3 is 2.31 bits per heavy atom. The maximum absolute atomic E-state index is 13.6. The number of carbonyl (C=O) groups is 3. The minimum absolute atomic E-state index is 0.373. The molecule has 0 fully saturated rings. The highest BCUT2D eigenvalue weighted by Crippen LogP contribution is 2.25. The van der Waals surface area contributed by atoms with Gasteiger partial charge in [0.1, 0.15) is 23.4 Å². The van der Waals surface area contributed by atoms with Gasteiger partial charge in [-0.25, -0.2) is 4.79 Å². The van der Waals surface area contributed by atoms with Gasteiger partial charge in [-0.1, -0.05) is 29.8 Å². The van der Waals surface area contributed by atoms with Crippen LogP contribution < -0.4 is 15.4 Å². The largest absolute Gasteiger partial charge is 0.497 e. The Balaban J connectivity index is 2.34. The number of alkyl carbamates (subject to hydrolysis) is 1. The van der Waals surface area contributed by atoms with Crippen molar-refractivity contribution in [1.82, 2.24) is 10.2 Å². The number of likely N-dealkylation sites (N-methyl/N-ethyl adjacent to an activating group) is 1. The quantitative estimate of drug-likeness (QED) is 0.472. The number of hydrogen-bond donors (Lipinski definition) is 2. The van der Waals surface area contributed by atoms with Crippen LogP contribution in [0.2, 0.25) is 0 Å². The first kappa shape index (κ1) is 29.0. The van der Waals surface area contributed by atoms with Crippen LogP contribution in [0.1, 0.15) is 44.4 Å². The van der Waals surface area contributed by atoms with E-state index in [4.69, 9.17) is 9.47 Å². The molecule has 196 valence electrons. The summed E-state index contributed by atoms with van der Waals surface area (Å²) in [5.41, 5.74) is 1.50. The van der Waals surface area contributed by atoms with E-state index in [9.17, 15) is 14.4 Å². The van der Waals surface area contributed by atoms with Crippen molar-refractivity contribution in [2.24, 2.45) is 0 Å². The summed E-state index contributed by atoms with van der Waals surface area (Å²) in [7, 11) is 3.15. The first-order valence-electron chi connectivity index (χ1n) is 11.7. The molecule has 0 spiro atoms. The van der Waals surface area contributed by atoms with Crippen molar-refractivity contribution in [2.45, 2.75) is 51.8 Å². The number of amides is 3. The van der Waals surface area contributed by atoms with Gasteiger partial charge in [0, 0.05) is 12.7 Å². The summed E-state index contributed by atoms with van der Waals surface area (Å²) in [5.74, 6) is 0.557. The summed E-state index contributed by atoms with van der Waals surface area (Å²) < 4.78 is 10.5. The van der Waals surface area contributed by atoms with Gasteiger partial charge in [-0.15, -0.1) is 0 Å². The third-order valence-electron chi connectivity index (χ3n) is 5.30. The monoisotopic (exact) mass is 515 g/mol. The minimum Gasteiger partial charge on any atom is -0.497 e. The van der Waals surface area contributed by atoms with Crippen LogP contribution in [0.3, 0.4) is 0 Å². The van der Waals surface area contributed by atoms with E-state index < -0.39 is 23.8 Å². The van der Waals surface area contributed by atoms with Crippen molar-refractivity contribution in [3.8, 4) is 5.75 Å². The van der Waals surface area contributed by atoms with Gasteiger partial charge in [0.05, 0.1) is 7.11 Å². The predicted molar refractivity (Wildman–Crippen MR) is 144 cm³/mol. The predicted octanol–water partition coefficient (Wildman–Crippen LogP) is 4.79. The van der Waals surface area contributed by atoms with E-state index >= 15 is 0 Å². The average Bonchev–Trinajstić information content (AvgIpc) is 2.80. The first-order chi connectivity index (χ1) is 16.9. The van der Waals surface area contributed by atoms with Gasteiger partial charge in [-0.05, 0) is 76.0 Å². The standard InChI is InChI=1S/C27H37N3O5S/c1-18-9-8-10-19(17-18)23(24(31)28-20-11-13-21(34-6)14-12-20)30(5)25(32)22(15-16-36-7)29-26(33)35-27(2,3)4/h8-14,17,22-23H,15-16H2,1-7H3,(H,28,31)(H,29,33). The normalized spacial score (nSPS) is 12.8. The van der Waals surface area contributed by atoms with Crippen molar-refractivity contribution in [3.63, 3.8) is 0 Å². The molecule has 2 atom stereocenters. The topological polar surface area (TPSA) is 97.0 Å².